The molecule has 4 aromatic rings. The Bertz CT molecular complexity index is 1380. The highest BCUT2D eigenvalue weighted by Crippen LogP contribution is 2.35. The molecule has 2 heterocycles. The average molecular weight is 492 g/mol. The quantitative estimate of drug-likeness (QED) is 0.333. The highest BCUT2D eigenvalue weighted by Gasteiger charge is 2.30. The summed E-state index contributed by atoms with van der Waals surface area (Å²) in [7, 11) is 1.24. The Kier molecular flexibility index (Phi) is 6.44. The first-order chi connectivity index (χ1) is 16.1. The molecule has 34 heavy (non-hydrogen) atoms. The summed E-state index contributed by atoms with van der Waals surface area (Å²) >= 11 is 1.19. The van der Waals surface area contributed by atoms with Crippen molar-refractivity contribution in [3.8, 4) is 10.4 Å². The zero-order chi connectivity index (χ0) is 24.5. The lowest BCUT2D eigenvalue weighted by molar-refractivity contribution is -0.137. The second-order valence-electron chi connectivity index (χ2n) is 7.45. The number of rotatable bonds is 7. The molecule has 2 aromatic heterocycles. The van der Waals surface area contributed by atoms with Gasteiger partial charge >= 0.3 is 17.9 Å². The number of benzene rings is 2. The molecule has 0 saturated heterocycles. The van der Waals surface area contributed by atoms with Crippen LogP contribution in [0.1, 0.15) is 21.6 Å². The van der Waals surface area contributed by atoms with Crippen molar-refractivity contribution in [3.63, 3.8) is 0 Å². The number of methoxy groups -OCH3 is 1. The molecule has 0 fully saturated rings. The minimum Gasteiger partial charge on any atom is -0.464 e. The number of esters is 1. The molecular weight excluding hydrogens is 473 g/mol. The number of hydrogen-bond donors (Lipinski definition) is 3. The lowest BCUT2D eigenvalue weighted by atomic mass is 10.0. The molecule has 8 nitrogen and oxygen atoms in total. The van der Waals surface area contributed by atoms with Gasteiger partial charge in [0.1, 0.15) is 0 Å². The van der Waals surface area contributed by atoms with E-state index in [1.165, 1.54) is 30.6 Å². The molecule has 0 unspecified atom stereocenters. The number of anilines is 1. The number of oxazole rings is 1. The zero-order valence-electron chi connectivity index (χ0n) is 17.7. The summed E-state index contributed by atoms with van der Waals surface area (Å²) in [6.45, 7) is 0.264. The number of aromatic amines is 1. The molecule has 4 rings (SSSR count). The van der Waals surface area contributed by atoms with Crippen LogP contribution in [0.25, 0.3) is 21.5 Å². The van der Waals surface area contributed by atoms with Gasteiger partial charge in [0.05, 0.1) is 23.1 Å². The maximum Gasteiger partial charge on any atom is 0.417 e. The third-order valence-electron chi connectivity index (χ3n) is 4.98. The van der Waals surface area contributed by atoms with E-state index in [-0.39, 0.29) is 12.2 Å². The van der Waals surface area contributed by atoms with E-state index in [2.05, 4.69) is 15.3 Å². The Balaban J connectivity index is 1.49. The molecule has 0 saturated carbocycles. The normalized spacial score (nSPS) is 12.6. The van der Waals surface area contributed by atoms with Gasteiger partial charge in [0.25, 0.3) is 0 Å². The standard InChI is InChI=1S/C22H19F3N4O4S/c1-32-19(30)17-18(12-4-7-15-16(9-12)33-21(31)28-15)34-20(29-17)27-10-14(26)8-11-2-5-13(6-3-11)22(23,24)25/h2-7,9,14H,8,10,26H2,1H3,(H,27,29)(H,28,31)/t14-/m1/s1. The summed E-state index contributed by atoms with van der Waals surface area (Å²) in [5.74, 6) is -1.22. The van der Waals surface area contributed by atoms with Gasteiger partial charge in [0, 0.05) is 12.6 Å². The van der Waals surface area contributed by atoms with Crippen molar-refractivity contribution >= 4 is 33.5 Å². The van der Waals surface area contributed by atoms with Crippen LogP contribution in [0.15, 0.2) is 51.7 Å². The number of H-pyrrole nitrogens is 1. The van der Waals surface area contributed by atoms with Crippen LogP contribution >= 0.6 is 11.3 Å². The molecule has 0 aliphatic rings. The first-order valence-electron chi connectivity index (χ1n) is 10.0. The number of thiazole rings is 1. The number of nitrogens with zero attached hydrogens (tertiary/aromatic N) is 1. The Morgan fingerprint density at radius 1 is 1.26 bits per heavy atom. The van der Waals surface area contributed by atoms with Crippen LogP contribution in [-0.2, 0) is 17.3 Å². The molecule has 0 amide bonds. The number of fused-ring (bicyclic) bond motifs is 1. The van der Waals surface area contributed by atoms with Crippen molar-refractivity contribution in [2.75, 3.05) is 19.0 Å². The number of nitrogens with two attached hydrogens (primary N) is 1. The predicted molar refractivity (Wildman–Crippen MR) is 121 cm³/mol. The lowest BCUT2D eigenvalue weighted by Crippen LogP contribution is -2.31. The SMILES string of the molecule is COC(=O)c1nc(NC[C@H](N)Cc2ccc(C(F)(F)F)cc2)sc1-c1ccc2[nH]c(=O)oc2c1. The first-order valence-corrected chi connectivity index (χ1v) is 10.8. The maximum absolute atomic E-state index is 12.7. The van der Waals surface area contributed by atoms with E-state index < -0.39 is 29.5 Å². The third kappa shape index (κ3) is 5.13. The number of carbonyl (C=O) groups is 1. The number of aromatic nitrogens is 2. The van der Waals surface area contributed by atoms with Gasteiger partial charge in [-0.15, -0.1) is 0 Å². The summed E-state index contributed by atoms with van der Waals surface area (Å²) in [6, 6.07) is 9.41. The van der Waals surface area contributed by atoms with Crippen molar-refractivity contribution in [1.29, 1.82) is 0 Å². The molecule has 2 aromatic carbocycles. The highest BCUT2D eigenvalue weighted by molar-refractivity contribution is 7.19. The monoisotopic (exact) mass is 492 g/mol. The largest absolute Gasteiger partial charge is 0.464 e. The fraction of sp³-hybridized carbons (Fsp3) is 0.227. The molecule has 4 N–H and O–H groups in total. The van der Waals surface area contributed by atoms with E-state index in [1.54, 1.807) is 18.2 Å². The maximum atomic E-state index is 12.7. The van der Waals surface area contributed by atoms with Crippen LogP contribution in [0.4, 0.5) is 18.3 Å². The van der Waals surface area contributed by atoms with Crippen LogP contribution in [0.3, 0.4) is 0 Å². The van der Waals surface area contributed by atoms with Gasteiger partial charge in [-0.05, 0) is 41.8 Å². The molecule has 12 heteroatoms. The van der Waals surface area contributed by atoms with Gasteiger partial charge in [0.2, 0.25) is 0 Å². The summed E-state index contributed by atoms with van der Waals surface area (Å²) in [5.41, 5.74) is 7.63. The van der Waals surface area contributed by atoms with Gasteiger partial charge in [-0.1, -0.05) is 29.5 Å². The minimum absolute atomic E-state index is 0.0866. The van der Waals surface area contributed by atoms with Gasteiger partial charge in [0.15, 0.2) is 16.4 Å². The van der Waals surface area contributed by atoms with Gasteiger partial charge in [-0.25, -0.2) is 14.6 Å². The molecular formula is C22H19F3N4O4S. The molecule has 1 atom stereocenters. The molecule has 0 bridgehead atoms. The number of halogens is 3. The zero-order valence-corrected chi connectivity index (χ0v) is 18.5. The topological polar surface area (TPSA) is 123 Å². The number of alkyl halides is 3. The fourth-order valence-electron chi connectivity index (χ4n) is 3.34. The first kappa shape index (κ1) is 23.5. The van der Waals surface area contributed by atoms with E-state index >= 15 is 0 Å². The van der Waals surface area contributed by atoms with Crippen molar-refractivity contribution in [1.82, 2.24) is 9.97 Å². The van der Waals surface area contributed by atoms with E-state index in [0.29, 0.717) is 38.7 Å². The van der Waals surface area contributed by atoms with E-state index in [1.807, 2.05) is 0 Å². The number of ether oxygens (including phenoxy) is 1. The van der Waals surface area contributed by atoms with Gasteiger partial charge in [-0.3, -0.25) is 4.98 Å². The number of carbonyl (C=O) groups excluding carboxylic acids is 1. The van der Waals surface area contributed by atoms with Gasteiger partial charge in [-0.2, -0.15) is 13.2 Å². The van der Waals surface area contributed by atoms with E-state index in [4.69, 9.17) is 14.9 Å². The van der Waals surface area contributed by atoms with Gasteiger partial charge < -0.3 is 20.2 Å². The molecule has 178 valence electrons. The molecule has 0 aliphatic carbocycles. The molecule has 0 radical (unpaired) electrons. The Morgan fingerprint density at radius 3 is 2.68 bits per heavy atom. The minimum atomic E-state index is -4.39. The summed E-state index contributed by atoms with van der Waals surface area (Å²) in [6.07, 6.45) is -4.05. The summed E-state index contributed by atoms with van der Waals surface area (Å²) in [4.78, 5) is 31.1. The third-order valence-corrected chi connectivity index (χ3v) is 6.05. The Labute approximate surface area is 194 Å². The van der Waals surface area contributed by atoms with Crippen LogP contribution in [0, 0.1) is 0 Å². The predicted octanol–water partition coefficient (Wildman–Crippen LogP) is 4.03. The Morgan fingerprint density at radius 2 is 2.00 bits per heavy atom. The lowest BCUT2D eigenvalue weighted by Gasteiger charge is -2.13. The smallest absolute Gasteiger partial charge is 0.417 e. The fourth-order valence-corrected chi connectivity index (χ4v) is 4.29. The molecule has 0 aliphatic heterocycles. The van der Waals surface area contributed by atoms with Crippen molar-refractivity contribution in [2.24, 2.45) is 5.73 Å². The second kappa shape index (κ2) is 9.31. The summed E-state index contributed by atoms with van der Waals surface area (Å²) in [5, 5.41) is 3.48. The summed E-state index contributed by atoms with van der Waals surface area (Å²) < 4.78 is 48.1. The average Bonchev–Trinajstić information content (AvgIpc) is 3.39. The Hall–Kier alpha value is -3.64. The van der Waals surface area contributed by atoms with Crippen LogP contribution in [0.5, 0.6) is 0 Å². The second-order valence-corrected chi connectivity index (χ2v) is 8.45. The van der Waals surface area contributed by atoms with E-state index in [0.717, 1.165) is 12.1 Å². The van der Waals surface area contributed by atoms with Crippen molar-refractivity contribution in [3.05, 3.63) is 69.8 Å². The highest BCUT2D eigenvalue weighted by atomic mass is 32.1. The number of nitrogens with one attached hydrogen (secondary N) is 2. The van der Waals surface area contributed by atoms with Crippen LogP contribution in [-0.4, -0.2) is 35.6 Å². The van der Waals surface area contributed by atoms with Crippen molar-refractivity contribution in [2.45, 2.75) is 18.6 Å². The number of hydrogen-bond acceptors (Lipinski definition) is 8. The van der Waals surface area contributed by atoms with Crippen LogP contribution in [0.2, 0.25) is 0 Å². The van der Waals surface area contributed by atoms with E-state index in [9.17, 15) is 22.8 Å². The van der Waals surface area contributed by atoms with Crippen molar-refractivity contribution < 1.29 is 27.1 Å². The van der Waals surface area contributed by atoms with Crippen LogP contribution < -0.4 is 16.8 Å². The molecule has 0 spiro atoms.